The minimum Gasteiger partial charge on any atom is -0.331 e. The Hall–Kier alpha value is -4.48. The van der Waals surface area contributed by atoms with Gasteiger partial charge in [0, 0.05) is 31.3 Å². The van der Waals surface area contributed by atoms with Crippen molar-refractivity contribution in [1.82, 2.24) is 40.1 Å². The quantitative estimate of drug-likeness (QED) is 0.526. The molecule has 0 saturated carbocycles. The topological polar surface area (TPSA) is 143 Å². The van der Waals surface area contributed by atoms with Crippen LogP contribution in [0.1, 0.15) is 50.5 Å². The summed E-state index contributed by atoms with van der Waals surface area (Å²) in [5.41, 5.74) is 3.97. The molecule has 12 heteroatoms. The highest BCUT2D eigenvalue weighted by Crippen LogP contribution is 2.29. The van der Waals surface area contributed by atoms with Crippen molar-refractivity contribution in [3.05, 3.63) is 65.0 Å². The number of rotatable bonds is 3. The molecule has 2 aromatic heterocycles. The van der Waals surface area contributed by atoms with Gasteiger partial charge in [0.15, 0.2) is 5.69 Å². The highest BCUT2D eigenvalue weighted by molar-refractivity contribution is 6.05. The van der Waals surface area contributed by atoms with E-state index >= 15 is 0 Å². The van der Waals surface area contributed by atoms with Crippen LogP contribution in [0.15, 0.2) is 36.9 Å². The van der Waals surface area contributed by atoms with Crippen LogP contribution < -0.4 is 5.32 Å². The summed E-state index contributed by atoms with van der Waals surface area (Å²) in [4.78, 5) is 61.1. The number of carbonyl (C=O) groups is 4. The predicted octanol–water partition coefficient (Wildman–Crippen LogP) is 0.0168. The molecule has 0 aliphatic carbocycles. The molecule has 35 heavy (non-hydrogen) atoms. The zero-order valence-corrected chi connectivity index (χ0v) is 18.5. The fourth-order valence-electron chi connectivity index (χ4n) is 4.78. The van der Waals surface area contributed by atoms with Gasteiger partial charge in [-0.25, -0.2) is 14.6 Å². The molecule has 1 fully saturated rings. The van der Waals surface area contributed by atoms with E-state index in [0.717, 1.165) is 16.8 Å². The third-order valence-electron chi connectivity index (χ3n) is 6.64. The van der Waals surface area contributed by atoms with Crippen LogP contribution in [0.2, 0.25) is 0 Å². The molecule has 1 N–H and O–H groups in total. The van der Waals surface area contributed by atoms with Crippen molar-refractivity contribution in [2.75, 3.05) is 6.54 Å². The smallest absolute Gasteiger partial charge is 0.276 e. The first kappa shape index (κ1) is 21.1. The Morgan fingerprint density at radius 2 is 1.97 bits per heavy atom. The molecule has 6 rings (SSSR count). The van der Waals surface area contributed by atoms with Crippen molar-refractivity contribution in [1.29, 1.82) is 0 Å². The lowest BCUT2D eigenvalue weighted by atomic mass is 10.0. The molecule has 4 amide bonds. The first-order valence-corrected chi connectivity index (χ1v) is 11.3. The van der Waals surface area contributed by atoms with Gasteiger partial charge in [-0.3, -0.25) is 24.5 Å². The van der Waals surface area contributed by atoms with E-state index in [1.807, 2.05) is 0 Å². The van der Waals surface area contributed by atoms with E-state index < -0.39 is 11.9 Å². The number of benzene rings is 1. The Balaban J connectivity index is 1.20. The van der Waals surface area contributed by atoms with E-state index in [2.05, 4.69) is 25.6 Å². The van der Waals surface area contributed by atoms with Gasteiger partial charge in [0.25, 0.3) is 11.8 Å². The number of fused-ring (bicyclic) bond motifs is 2. The average molecular weight is 472 g/mol. The van der Waals surface area contributed by atoms with E-state index in [1.165, 1.54) is 15.9 Å². The summed E-state index contributed by atoms with van der Waals surface area (Å²) in [6.07, 6.45) is 6.00. The van der Waals surface area contributed by atoms with Crippen LogP contribution in [0.25, 0.3) is 5.69 Å². The number of piperidine rings is 1. The van der Waals surface area contributed by atoms with Crippen molar-refractivity contribution < 1.29 is 19.2 Å². The molecule has 176 valence electrons. The molecule has 0 bridgehead atoms. The number of carbonyl (C=O) groups excluding carboxylic acids is 4. The molecule has 12 nitrogen and oxygen atoms in total. The minimum absolute atomic E-state index is 0.201. The second-order valence-electron chi connectivity index (χ2n) is 8.76. The molecule has 1 atom stereocenters. The summed E-state index contributed by atoms with van der Waals surface area (Å²) in [7, 11) is 0. The molecule has 0 spiro atoms. The lowest BCUT2D eigenvalue weighted by Gasteiger charge is -2.29. The average Bonchev–Trinajstić information content (AvgIpc) is 3.48. The zero-order valence-electron chi connectivity index (χ0n) is 18.5. The zero-order chi connectivity index (χ0) is 24.1. The number of hydrogen-bond acceptors (Lipinski definition) is 8. The maximum absolute atomic E-state index is 13.0. The van der Waals surface area contributed by atoms with E-state index in [4.69, 9.17) is 0 Å². The highest BCUT2D eigenvalue weighted by atomic mass is 16.2. The van der Waals surface area contributed by atoms with Crippen LogP contribution in [-0.2, 0) is 29.1 Å². The summed E-state index contributed by atoms with van der Waals surface area (Å²) in [5.74, 6) is -1.25. The van der Waals surface area contributed by atoms with Gasteiger partial charge < -0.3 is 9.80 Å². The first-order chi connectivity index (χ1) is 17.0. The molecular weight excluding hydrogens is 452 g/mol. The van der Waals surface area contributed by atoms with Crippen LogP contribution in [0.4, 0.5) is 0 Å². The summed E-state index contributed by atoms with van der Waals surface area (Å²) in [6.45, 7) is 1.19. The third-order valence-corrected chi connectivity index (χ3v) is 6.64. The van der Waals surface area contributed by atoms with Crippen LogP contribution >= 0.6 is 0 Å². The number of imide groups is 1. The molecule has 3 aromatic rings. The lowest BCUT2D eigenvalue weighted by Crippen LogP contribution is -2.52. The Morgan fingerprint density at radius 1 is 1.09 bits per heavy atom. The van der Waals surface area contributed by atoms with E-state index in [9.17, 15) is 19.2 Å². The first-order valence-electron chi connectivity index (χ1n) is 11.3. The summed E-state index contributed by atoms with van der Waals surface area (Å²) >= 11 is 0. The van der Waals surface area contributed by atoms with Gasteiger partial charge in [-0.05, 0) is 42.2 Å². The predicted molar refractivity (Wildman–Crippen MR) is 118 cm³/mol. The molecule has 3 aliphatic rings. The highest BCUT2D eigenvalue weighted by Gasteiger charge is 2.39. The Bertz CT molecular complexity index is 1400. The van der Waals surface area contributed by atoms with E-state index in [1.54, 1.807) is 35.5 Å². The van der Waals surface area contributed by atoms with Crippen LogP contribution in [-0.4, -0.2) is 71.0 Å². The summed E-state index contributed by atoms with van der Waals surface area (Å²) < 4.78 is 1.49. The van der Waals surface area contributed by atoms with Gasteiger partial charge in [0.1, 0.15) is 12.4 Å². The van der Waals surface area contributed by atoms with Gasteiger partial charge in [-0.2, -0.15) is 0 Å². The van der Waals surface area contributed by atoms with Gasteiger partial charge >= 0.3 is 0 Å². The van der Waals surface area contributed by atoms with Gasteiger partial charge in [0.2, 0.25) is 11.8 Å². The second-order valence-corrected chi connectivity index (χ2v) is 8.76. The van der Waals surface area contributed by atoms with E-state index in [0.29, 0.717) is 37.2 Å². The number of nitrogens with one attached hydrogen (secondary N) is 1. The Morgan fingerprint density at radius 3 is 2.83 bits per heavy atom. The summed E-state index contributed by atoms with van der Waals surface area (Å²) in [6, 6.07) is 4.54. The number of amides is 4. The van der Waals surface area contributed by atoms with Gasteiger partial charge in [0.05, 0.1) is 24.1 Å². The Kier molecular flexibility index (Phi) is 4.87. The minimum atomic E-state index is -0.674. The molecule has 1 aromatic carbocycles. The molecule has 3 aliphatic heterocycles. The maximum Gasteiger partial charge on any atom is 0.276 e. The number of nitrogens with zero attached hydrogens (tertiary/aromatic N) is 7. The molecule has 5 heterocycles. The third kappa shape index (κ3) is 3.63. The monoisotopic (exact) mass is 472 g/mol. The SMILES string of the molecule is O=C1CCC(N2Cc3cc(-n4cc(C(=O)N5CCc6cncnc6C5)nn4)ccc3C2=O)C(=O)N1. The Labute approximate surface area is 198 Å². The number of hydrogen-bond donors (Lipinski definition) is 1. The fraction of sp³-hybridized carbons (Fsp3) is 0.304. The fourth-order valence-corrected chi connectivity index (χ4v) is 4.78. The van der Waals surface area contributed by atoms with Crippen molar-refractivity contribution in [2.45, 2.75) is 38.4 Å². The molecule has 0 radical (unpaired) electrons. The van der Waals surface area contributed by atoms with Crippen molar-refractivity contribution >= 4 is 23.6 Å². The van der Waals surface area contributed by atoms with Crippen molar-refractivity contribution in [3.8, 4) is 5.69 Å². The number of aromatic nitrogens is 5. The normalized spacial score (nSPS) is 19.4. The van der Waals surface area contributed by atoms with Crippen LogP contribution in [0.3, 0.4) is 0 Å². The largest absolute Gasteiger partial charge is 0.331 e. The second kappa shape index (κ2) is 8.08. The van der Waals surface area contributed by atoms with Gasteiger partial charge in [-0.1, -0.05) is 5.21 Å². The van der Waals surface area contributed by atoms with E-state index in [-0.39, 0.29) is 36.4 Å². The standard InChI is InChI=1S/C23H20N8O4/c32-20-4-3-19(21(33)26-20)30-9-14-7-15(1-2-16(14)22(30)34)31-11-18(27-28-31)23(35)29-6-5-13-8-24-12-25-17(13)10-29/h1-2,7-8,11-12,19H,3-6,9-10H2,(H,26,32,33). The van der Waals surface area contributed by atoms with Crippen LogP contribution in [0, 0.1) is 0 Å². The molecule has 1 unspecified atom stereocenters. The van der Waals surface area contributed by atoms with Crippen molar-refractivity contribution in [3.63, 3.8) is 0 Å². The summed E-state index contributed by atoms with van der Waals surface area (Å²) in [5, 5.41) is 10.5. The molecular formula is C23H20N8O4. The van der Waals surface area contributed by atoms with Gasteiger partial charge in [-0.15, -0.1) is 5.10 Å². The maximum atomic E-state index is 13.0. The lowest BCUT2D eigenvalue weighted by molar-refractivity contribution is -0.136. The molecule has 1 saturated heterocycles. The van der Waals surface area contributed by atoms with Crippen molar-refractivity contribution in [2.24, 2.45) is 0 Å². The van der Waals surface area contributed by atoms with Crippen LogP contribution in [0.5, 0.6) is 0 Å².